The van der Waals surface area contributed by atoms with Gasteiger partial charge in [0.15, 0.2) is 5.78 Å². The number of carbonyl (C=O) groups excluding carboxylic acids is 2. The van der Waals surface area contributed by atoms with Gasteiger partial charge in [0.1, 0.15) is 6.04 Å². The van der Waals surface area contributed by atoms with Gasteiger partial charge in [0.25, 0.3) is 0 Å². The lowest BCUT2D eigenvalue weighted by Crippen LogP contribution is -2.45. The van der Waals surface area contributed by atoms with Crippen LogP contribution >= 0.6 is 15.9 Å². The van der Waals surface area contributed by atoms with Crippen molar-refractivity contribution in [3.63, 3.8) is 0 Å². The largest absolute Gasteiger partial charge is 0.464 e. The van der Waals surface area contributed by atoms with Crippen molar-refractivity contribution in [2.75, 3.05) is 18.1 Å². The Balaban J connectivity index is 2.29. The van der Waals surface area contributed by atoms with Crippen molar-refractivity contribution in [2.45, 2.75) is 39.2 Å². The highest BCUT2D eigenvalue weighted by Gasteiger charge is 2.31. The van der Waals surface area contributed by atoms with Gasteiger partial charge in [-0.1, -0.05) is 0 Å². The fourth-order valence-corrected chi connectivity index (χ4v) is 3.27. The van der Waals surface area contributed by atoms with E-state index in [9.17, 15) is 9.59 Å². The summed E-state index contributed by atoms with van der Waals surface area (Å²) < 4.78 is 6.02. The Morgan fingerprint density at radius 3 is 2.76 bits per heavy atom. The molecule has 4 nitrogen and oxygen atoms in total. The molecule has 1 fully saturated rings. The minimum Gasteiger partial charge on any atom is -0.464 e. The monoisotopic (exact) mass is 353 g/mol. The summed E-state index contributed by atoms with van der Waals surface area (Å²) >= 11 is 3.52. The van der Waals surface area contributed by atoms with Crippen LogP contribution in [-0.4, -0.2) is 30.9 Å². The molecule has 1 heterocycles. The first-order valence-corrected chi connectivity index (χ1v) is 8.07. The molecule has 1 aromatic rings. The number of carbonyl (C=O) groups is 2. The maximum absolute atomic E-state index is 12.1. The predicted octanol–water partition coefficient (Wildman–Crippen LogP) is 3.57. The summed E-state index contributed by atoms with van der Waals surface area (Å²) in [5.41, 5.74) is 1.60. The second-order valence-corrected chi connectivity index (χ2v) is 6.03. The van der Waals surface area contributed by atoms with Crippen molar-refractivity contribution >= 4 is 33.4 Å². The zero-order chi connectivity index (χ0) is 15.4. The molecular weight excluding hydrogens is 334 g/mol. The van der Waals surface area contributed by atoms with E-state index in [1.165, 1.54) is 0 Å². The fourth-order valence-electron chi connectivity index (χ4n) is 2.66. The Bertz CT molecular complexity index is 544. The first-order chi connectivity index (χ1) is 10.0. The van der Waals surface area contributed by atoms with Crippen molar-refractivity contribution < 1.29 is 14.3 Å². The van der Waals surface area contributed by atoms with Gasteiger partial charge in [-0.15, -0.1) is 0 Å². The molecule has 1 atom stereocenters. The summed E-state index contributed by atoms with van der Waals surface area (Å²) in [5.74, 6) is -0.136. The lowest BCUT2D eigenvalue weighted by molar-refractivity contribution is -0.145. The molecule has 1 aliphatic heterocycles. The van der Waals surface area contributed by atoms with E-state index in [-0.39, 0.29) is 17.8 Å². The first kappa shape index (κ1) is 16.0. The number of hydrogen-bond donors (Lipinski definition) is 0. The highest BCUT2D eigenvalue weighted by atomic mass is 79.9. The molecule has 0 amide bonds. The lowest BCUT2D eigenvalue weighted by atomic mass is 10.0. The van der Waals surface area contributed by atoms with Gasteiger partial charge in [-0.25, -0.2) is 4.79 Å². The topological polar surface area (TPSA) is 46.6 Å². The van der Waals surface area contributed by atoms with Crippen LogP contribution in [0, 0.1) is 0 Å². The van der Waals surface area contributed by atoms with Gasteiger partial charge in [0, 0.05) is 16.6 Å². The molecule has 1 aliphatic rings. The van der Waals surface area contributed by atoms with Crippen molar-refractivity contribution in [1.82, 2.24) is 0 Å². The SMILES string of the molecule is CCOC(=O)C1CCCCN1c1ccc(C(C)=O)cc1Br. The number of Topliss-reactive ketones (excluding diaryl/α,β-unsaturated/α-hetero) is 1. The van der Waals surface area contributed by atoms with Crippen molar-refractivity contribution in [1.29, 1.82) is 0 Å². The number of ketones is 1. The van der Waals surface area contributed by atoms with Crippen LogP contribution in [0.4, 0.5) is 5.69 Å². The molecule has 1 saturated heterocycles. The molecule has 2 rings (SSSR count). The summed E-state index contributed by atoms with van der Waals surface area (Å²) in [6.07, 6.45) is 2.89. The van der Waals surface area contributed by atoms with E-state index in [0.29, 0.717) is 12.2 Å². The molecule has 21 heavy (non-hydrogen) atoms. The van der Waals surface area contributed by atoms with E-state index in [1.807, 2.05) is 19.1 Å². The molecule has 0 aromatic heterocycles. The number of rotatable bonds is 4. The molecule has 5 heteroatoms. The first-order valence-electron chi connectivity index (χ1n) is 7.28. The number of esters is 1. The summed E-state index contributed by atoms with van der Waals surface area (Å²) in [4.78, 5) is 25.6. The van der Waals surface area contributed by atoms with Gasteiger partial charge in [-0.05, 0) is 67.2 Å². The quantitative estimate of drug-likeness (QED) is 0.613. The smallest absolute Gasteiger partial charge is 0.328 e. The van der Waals surface area contributed by atoms with Crippen molar-refractivity contribution in [3.8, 4) is 0 Å². The van der Waals surface area contributed by atoms with Crippen molar-refractivity contribution in [3.05, 3.63) is 28.2 Å². The van der Waals surface area contributed by atoms with Gasteiger partial charge < -0.3 is 9.64 Å². The summed E-state index contributed by atoms with van der Waals surface area (Å²) in [6.45, 7) is 4.58. The van der Waals surface area contributed by atoms with Crippen LogP contribution < -0.4 is 4.90 Å². The van der Waals surface area contributed by atoms with E-state index in [4.69, 9.17) is 4.74 Å². The number of ether oxygens (including phenoxy) is 1. The standard InChI is InChI=1S/C16H20BrNO3/c1-3-21-16(20)15-6-4-5-9-18(15)14-8-7-12(11(2)19)10-13(14)17/h7-8,10,15H,3-6,9H2,1-2H3. The molecule has 0 bridgehead atoms. The third-order valence-corrected chi connectivity index (χ3v) is 4.36. The van der Waals surface area contributed by atoms with E-state index in [1.54, 1.807) is 13.0 Å². The number of halogens is 1. The van der Waals surface area contributed by atoms with Gasteiger partial charge in [-0.3, -0.25) is 4.79 Å². The van der Waals surface area contributed by atoms with E-state index >= 15 is 0 Å². The minimum absolute atomic E-state index is 0.0304. The Kier molecular flexibility index (Phi) is 5.39. The number of nitrogens with zero attached hydrogens (tertiary/aromatic N) is 1. The van der Waals surface area contributed by atoms with Crippen LogP contribution in [0.1, 0.15) is 43.5 Å². The van der Waals surface area contributed by atoms with Crippen LogP contribution in [-0.2, 0) is 9.53 Å². The average Bonchev–Trinajstić information content (AvgIpc) is 2.47. The minimum atomic E-state index is -0.238. The highest BCUT2D eigenvalue weighted by molar-refractivity contribution is 9.10. The number of benzene rings is 1. The third-order valence-electron chi connectivity index (χ3n) is 3.73. The third kappa shape index (κ3) is 3.64. The van der Waals surface area contributed by atoms with Crippen molar-refractivity contribution in [2.24, 2.45) is 0 Å². The van der Waals surface area contributed by atoms with E-state index in [0.717, 1.165) is 36.0 Å². The molecule has 1 unspecified atom stereocenters. The maximum Gasteiger partial charge on any atom is 0.328 e. The number of piperidine rings is 1. The van der Waals surface area contributed by atoms with Gasteiger partial charge in [0.2, 0.25) is 0 Å². The van der Waals surface area contributed by atoms with Crippen LogP contribution in [0.5, 0.6) is 0 Å². The second kappa shape index (κ2) is 7.07. The highest BCUT2D eigenvalue weighted by Crippen LogP contribution is 2.32. The van der Waals surface area contributed by atoms with E-state index in [2.05, 4.69) is 20.8 Å². The lowest BCUT2D eigenvalue weighted by Gasteiger charge is -2.36. The summed E-state index contributed by atoms with van der Waals surface area (Å²) in [7, 11) is 0. The Hall–Kier alpha value is -1.36. The zero-order valence-corrected chi connectivity index (χ0v) is 14.0. The molecule has 0 N–H and O–H groups in total. The fraction of sp³-hybridized carbons (Fsp3) is 0.500. The van der Waals surface area contributed by atoms with Gasteiger partial charge in [-0.2, -0.15) is 0 Å². The number of hydrogen-bond acceptors (Lipinski definition) is 4. The zero-order valence-electron chi connectivity index (χ0n) is 12.4. The molecule has 114 valence electrons. The summed E-state index contributed by atoms with van der Waals surface area (Å²) in [5, 5.41) is 0. The van der Waals surface area contributed by atoms with Gasteiger partial charge in [0.05, 0.1) is 12.3 Å². The molecule has 0 radical (unpaired) electrons. The average molecular weight is 354 g/mol. The molecular formula is C16H20BrNO3. The number of anilines is 1. The normalized spacial score (nSPS) is 18.4. The Morgan fingerprint density at radius 1 is 1.38 bits per heavy atom. The Labute approximate surface area is 133 Å². The second-order valence-electron chi connectivity index (χ2n) is 5.18. The van der Waals surface area contributed by atoms with E-state index < -0.39 is 0 Å². The Morgan fingerprint density at radius 2 is 2.14 bits per heavy atom. The molecule has 1 aromatic carbocycles. The van der Waals surface area contributed by atoms with Gasteiger partial charge >= 0.3 is 5.97 Å². The van der Waals surface area contributed by atoms with Crippen LogP contribution in [0.2, 0.25) is 0 Å². The molecule has 0 spiro atoms. The van der Waals surface area contributed by atoms with Crippen LogP contribution in [0.3, 0.4) is 0 Å². The van der Waals surface area contributed by atoms with Crippen LogP contribution in [0.25, 0.3) is 0 Å². The predicted molar refractivity (Wildman–Crippen MR) is 85.8 cm³/mol. The molecule has 0 saturated carbocycles. The summed E-state index contributed by atoms with van der Waals surface area (Å²) in [6, 6.07) is 5.28. The van der Waals surface area contributed by atoms with Crippen LogP contribution in [0.15, 0.2) is 22.7 Å². The maximum atomic E-state index is 12.1. The molecule has 0 aliphatic carbocycles.